The normalized spacial score (nSPS) is 22.7. The number of benzene rings is 1. The van der Waals surface area contributed by atoms with E-state index in [9.17, 15) is 0 Å². The van der Waals surface area contributed by atoms with Crippen LogP contribution in [-0.2, 0) is 4.84 Å². The lowest BCUT2D eigenvalue weighted by molar-refractivity contribution is 0.0855. The minimum Gasteiger partial charge on any atom is -0.390 e. The molecule has 1 aromatic carbocycles. The van der Waals surface area contributed by atoms with Gasteiger partial charge in [-0.15, -0.1) is 11.6 Å². The van der Waals surface area contributed by atoms with Gasteiger partial charge in [0.1, 0.15) is 6.10 Å². The molecule has 14 heavy (non-hydrogen) atoms. The number of hydrogen-bond donors (Lipinski definition) is 0. The number of oxime groups is 1. The highest BCUT2D eigenvalue weighted by molar-refractivity contribution is 6.21. The van der Waals surface area contributed by atoms with Crippen LogP contribution in [-0.4, -0.2) is 17.2 Å². The summed E-state index contributed by atoms with van der Waals surface area (Å²) >= 11 is 5.94. The number of nitrogens with zero attached hydrogens (tertiary/aromatic N) is 1. The van der Waals surface area contributed by atoms with E-state index < -0.39 is 0 Å². The standard InChI is InChI=1S/C11H12ClNO/c1-8(12)11-7-10(13-14-11)9-5-3-2-4-6-9/h2-6,8,11H,7H2,1H3/t8-,11-/m1/s1. The van der Waals surface area contributed by atoms with Crippen LogP contribution < -0.4 is 0 Å². The van der Waals surface area contributed by atoms with Crippen LogP contribution in [0.15, 0.2) is 35.5 Å². The molecule has 1 aromatic rings. The fourth-order valence-electron chi connectivity index (χ4n) is 1.44. The van der Waals surface area contributed by atoms with E-state index in [-0.39, 0.29) is 11.5 Å². The van der Waals surface area contributed by atoms with Crippen molar-refractivity contribution < 1.29 is 4.84 Å². The van der Waals surface area contributed by atoms with Crippen molar-refractivity contribution in [3.8, 4) is 0 Å². The summed E-state index contributed by atoms with van der Waals surface area (Å²) in [6.45, 7) is 1.93. The Kier molecular flexibility index (Phi) is 2.73. The van der Waals surface area contributed by atoms with Crippen LogP contribution >= 0.6 is 11.6 Å². The van der Waals surface area contributed by atoms with Gasteiger partial charge in [0.25, 0.3) is 0 Å². The first-order chi connectivity index (χ1) is 6.77. The Morgan fingerprint density at radius 2 is 2.14 bits per heavy atom. The minimum atomic E-state index is -0.0000350. The zero-order valence-corrected chi connectivity index (χ0v) is 8.74. The molecule has 2 nitrogen and oxygen atoms in total. The smallest absolute Gasteiger partial charge is 0.149 e. The number of hydrogen-bond acceptors (Lipinski definition) is 2. The van der Waals surface area contributed by atoms with Crippen molar-refractivity contribution in [2.45, 2.75) is 24.8 Å². The molecule has 0 unspecified atom stereocenters. The van der Waals surface area contributed by atoms with Gasteiger partial charge in [-0.2, -0.15) is 0 Å². The molecule has 0 aliphatic carbocycles. The van der Waals surface area contributed by atoms with Crippen LogP contribution in [0.1, 0.15) is 18.9 Å². The maximum Gasteiger partial charge on any atom is 0.149 e. The van der Waals surface area contributed by atoms with E-state index in [1.165, 1.54) is 0 Å². The third-order valence-corrected chi connectivity index (χ3v) is 2.59. The molecule has 2 rings (SSSR count). The Morgan fingerprint density at radius 3 is 2.71 bits per heavy atom. The fourth-order valence-corrected chi connectivity index (χ4v) is 1.58. The number of rotatable bonds is 2. The van der Waals surface area contributed by atoms with E-state index in [1.54, 1.807) is 0 Å². The summed E-state index contributed by atoms with van der Waals surface area (Å²) < 4.78 is 0. The third kappa shape index (κ3) is 1.90. The largest absolute Gasteiger partial charge is 0.390 e. The van der Waals surface area contributed by atoms with Crippen LogP contribution in [0.3, 0.4) is 0 Å². The fraction of sp³-hybridized carbons (Fsp3) is 0.364. The summed E-state index contributed by atoms with van der Waals surface area (Å²) in [4.78, 5) is 5.24. The zero-order chi connectivity index (χ0) is 9.97. The van der Waals surface area contributed by atoms with Crippen molar-refractivity contribution in [1.29, 1.82) is 0 Å². The van der Waals surface area contributed by atoms with Crippen molar-refractivity contribution >= 4 is 17.3 Å². The van der Waals surface area contributed by atoms with Gasteiger partial charge in [-0.05, 0) is 12.5 Å². The number of alkyl halides is 1. The second-order valence-corrected chi connectivity index (χ2v) is 4.12. The van der Waals surface area contributed by atoms with E-state index in [1.807, 2.05) is 37.3 Å². The van der Waals surface area contributed by atoms with Crippen molar-refractivity contribution in [2.24, 2.45) is 5.16 Å². The van der Waals surface area contributed by atoms with E-state index >= 15 is 0 Å². The molecule has 3 heteroatoms. The molecule has 0 radical (unpaired) electrons. The molecule has 1 heterocycles. The SMILES string of the molecule is C[C@@H](Cl)[C@H]1CC(c2ccccc2)=NO1. The summed E-state index contributed by atoms with van der Waals surface area (Å²) in [7, 11) is 0. The molecule has 1 aliphatic heterocycles. The lowest BCUT2D eigenvalue weighted by Gasteiger charge is -2.08. The molecular formula is C11H12ClNO. The van der Waals surface area contributed by atoms with E-state index in [0.29, 0.717) is 0 Å². The van der Waals surface area contributed by atoms with Gasteiger partial charge >= 0.3 is 0 Å². The van der Waals surface area contributed by atoms with Gasteiger partial charge in [0.05, 0.1) is 11.1 Å². The van der Waals surface area contributed by atoms with Gasteiger partial charge in [0, 0.05) is 6.42 Å². The molecule has 0 saturated carbocycles. The predicted molar refractivity (Wildman–Crippen MR) is 57.8 cm³/mol. The molecule has 0 saturated heterocycles. The van der Waals surface area contributed by atoms with Crippen LogP contribution in [0.2, 0.25) is 0 Å². The van der Waals surface area contributed by atoms with Crippen LogP contribution in [0.4, 0.5) is 0 Å². The van der Waals surface area contributed by atoms with Crippen molar-refractivity contribution in [3.63, 3.8) is 0 Å². The first-order valence-electron chi connectivity index (χ1n) is 4.69. The second-order valence-electron chi connectivity index (χ2n) is 3.43. The van der Waals surface area contributed by atoms with Crippen LogP contribution in [0.5, 0.6) is 0 Å². The molecule has 1 aliphatic rings. The monoisotopic (exact) mass is 209 g/mol. The Bertz CT molecular complexity index is 334. The first-order valence-corrected chi connectivity index (χ1v) is 5.13. The van der Waals surface area contributed by atoms with Gasteiger partial charge in [-0.25, -0.2) is 0 Å². The third-order valence-electron chi connectivity index (χ3n) is 2.31. The maximum absolute atomic E-state index is 5.94. The average molecular weight is 210 g/mol. The van der Waals surface area contributed by atoms with Crippen molar-refractivity contribution in [1.82, 2.24) is 0 Å². The summed E-state index contributed by atoms with van der Waals surface area (Å²) in [5.41, 5.74) is 2.11. The van der Waals surface area contributed by atoms with Gasteiger partial charge in [-0.1, -0.05) is 35.5 Å². The molecule has 2 atom stereocenters. The van der Waals surface area contributed by atoms with Crippen molar-refractivity contribution in [3.05, 3.63) is 35.9 Å². The van der Waals surface area contributed by atoms with Gasteiger partial charge in [0.2, 0.25) is 0 Å². The highest BCUT2D eigenvalue weighted by atomic mass is 35.5. The molecule has 74 valence electrons. The molecule has 0 bridgehead atoms. The Morgan fingerprint density at radius 1 is 1.43 bits per heavy atom. The Balaban J connectivity index is 2.09. The first kappa shape index (κ1) is 9.53. The van der Waals surface area contributed by atoms with Crippen LogP contribution in [0.25, 0.3) is 0 Å². The summed E-state index contributed by atoms with van der Waals surface area (Å²) in [6.07, 6.45) is 0.821. The van der Waals surface area contributed by atoms with E-state index in [2.05, 4.69) is 5.16 Å². The maximum atomic E-state index is 5.94. The Labute approximate surface area is 88.5 Å². The summed E-state index contributed by atoms with van der Waals surface area (Å²) in [5.74, 6) is 0. The lowest BCUT2D eigenvalue weighted by Crippen LogP contribution is -2.18. The highest BCUT2D eigenvalue weighted by Gasteiger charge is 2.25. The highest BCUT2D eigenvalue weighted by Crippen LogP contribution is 2.21. The molecule has 0 fully saturated rings. The lowest BCUT2D eigenvalue weighted by atomic mass is 10.0. The van der Waals surface area contributed by atoms with Crippen molar-refractivity contribution in [2.75, 3.05) is 0 Å². The average Bonchev–Trinajstić information content (AvgIpc) is 2.68. The van der Waals surface area contributed by atoms with Crippen LogP contribution in [0, 0.1) is 0 Å². The Hall–Kier alpha value is -1.02. The second kappa shape index (κ2) is 4.01. The molecule has 0 N–H and O–H groups in total. The molecule has 0 amide bonds. The topological polar surface area (TPSA) is 21.6 Å². The van der Waals surface area contributed by atoms with E-state index in [4.69, 9.17) is 16.4 Å². The predicted octanol–water partition coefficient (Wildman–Crippen LogP) is 2.81. The van der Waals surface area contributed by atoms with Gasteiger partial charge in [-0.3, -0.25) is 0 Å². The van der Waals surface area contributed by atoms with Gasteiger partial charge in [0.15, 0.2) is 0 Å². The zero-order valence-electron chi connectivity index (χ0n) is 7.98. The quantitative estimate of drug-likeness (QED) is 0.687. The molecular weight excluding hydrogens is 198 g/mol. The molecule has 0 spiro atoms. The minimum absolute atomic E-state index is 0.0000350. The molecule has 0 aromatic heterocycles. The summed E-state index contributed by atoms with van der Waals surface area (Å²) in [5, 5.41) is 4.04. The van der Waals surface area contributed by atoms with E-state index in [0.717, 1.165) is 17.7 Å². The summed E-state index contributed by atoms with van der Waals surface area (Å²) in [6, 6.07) is 10.0. The number of halogens is 1. The van der Waals surface area contributed by atoms with Gasteiger partial charge < -0.3 is 4.84 Å².